The molecule has 0 spiro atoms. The highest BCUT2D eigenvalue weighted by atomic mass is 19.4. The summed E-state index contributed by atoms with van der Waals surface area (Å²) in [5, 5.41) is 8.35. The van der Waals surface area contributed by atoms with E-state index in [9.17, 15) is 13.2 Å². The molecule has 3 aromatic carbocycles. The number of alkyl halides is 3. The van der Waals surface area contributed by atoms with E-state index in [-0.39, 0.29) is 6.04 Å². The quantitative estimate of drug-likeness (QED) is 0.462. The van der Waals surface area contributed by atoms with Crippen molar-refractivity contribution in [3.63, 3.8) is 0 Å². The van der Waals surface area contributed by atoms with Gasteiger partial charge < -0.3 is 0 Å². The summed E-state index contributed by atoms with van der Waals surface area (Å²) in [6.45, 7) is 0. The fourth-order valence-electron chi connectivity index (χ4n) is 3.16. The summed E-state index contributed by atoms with van der Waals surface area (Å²) in [6, 6.07) is 24.5. The van der Waals surface area contributed by atoms with Gasteiger partial charge in [-0.2, -0.15) is 13.2 Å². The van der Waals surface area contributed by atoms with Crippen LogP contribution < -0.4 is 0 Å². The van der Waals surface area contributed by atoms with Crippen LogP contribution in [0.4, 0.5) is 13.2 Å². The molecular formula is C22H16F3N3. The fraction of sp³-hybridized carbons (Fsp3) is 0.0909. The molecule has 0 unspecified atom stereocenters. The van der Waals surface area contributed by atoms with Crippen molar-refractivity contribution in [1.29, 1.82) is 0 Å². The Morgan fingerprint density at radius 2 is 1.36 bits per heavy atom. The molecule has 0 N–H and O–H groups in total. The lowest BCUT2D eigenvalue weighted by Gasteiger charge is -2.18. The number of hydrogen-bond donors (Lipinski definition) is 0. The van der Waals surface area contributed by atoms with Crippen LogP contribution in [0.25, 0.3) is 11.3 Å². The van der Waals surface area contributed by atoms with Gasteiger partial charge in [-0.3, -0.25) is 0 Å². The van der Waals surface area contributed by atoms with Gasteiger partial charge in [0, 0.05) is 5.56 Å². The van der Waals surface area contributed by atoms with Crippen molar-refractivity contribution in [1.82, 2.24) is 15.0 Å². The molecule has 0 fully saturated rings. The minimum Gasteiger partial charge on any atom is -0.240 e. The van der Waals surface area contributed by atoms with E-state index in [1.165, 1.54) is 6.07 Å². The molecule has 0 radical (unpaired) electrons. The first-order valence-electron chi connectivity index (χ1n) is 8.72. The maximum atomic E-state index is 13.0. The Morgan fingerprint density at radius 3 is 1.93 bits per heavy atom. The Labute approximate surface area is 160 Å². The summed E-state index contributed by atoms with van der Waals surface area (Å²) in [4.78, 5) is 0. The lowest BCUT2D eigenvalue weighted by Crippen LogP contribution is -2.13. The van der Waals surface area contributed by atoms with E-state index in [0.717, 1.165) is 23.3 Å². The predicted molar refractivity (Wildman–Crippen MR) is 101 cm³/mol. The molecule has 0 aliphatic heterocycles. The zero-order valence-electron chi connectivity index (χ0n) is 14.7. The molecule has 3 nitrogen and oxygen atoms in total. The molecule has 4 aromatic rings. The summed E-state index contributed by atoms with van der Waals surface area (Å²) < 4.78 is 40.7. The fourth-order valence-corrected chi connectivity index (χ4v) is 3.16. The van der Waals surface area contributed by atoms with Gasteiger partial charge in [0.2, 0.25) is 0 Å². The van der Waals surface area contributed by atoms with E-state index < -0.39 is 11.7 Å². The molecule has 28 heavy (non-hydrogen) atoms. The van der Waals surface area contributed by atoms with E-state index in [0.29, 0.717) is 11.3 Å². The van der Waals surface area contributed by atoms with Crippen molar-refractivity contribution >= 4 is 0 Å². The van der Waals surface area contributed by atoms with Gasteiger partial charge in [0.1, 0.15) is 11.7 Å². The molecule has 0 aliphatic rings. The topological polar surface area (TPSA) is 30.7 Å². The summed E-state index contributed by atoms with van der Waals surface area (Å²) in [6.07, 6.45) is -2.72. The number of halogens is 3. The second-order valence-electron chi connectivity index (χ2n) is 6.39. The molecule has 1 aromatic heterocycles. The van der Waals surface area contributed by atoms with Gasteiger partial charge in [-0.05, 0) is 23.3 Å². The Kier molecular flexibility index (Phi) is 4.69. The maximum absolute atomic E-state index is 13.0. The Hall–Kier alpha value is -3.41. The maximum Gasteiger partial charge on any atom is 0.416 e. The van der Waals surface area contributed by atoms with Crippen LogP contribution in [0.15, 0.2) is 91.1 Å². The Morgan fingerprint density at radius 1 is 0.750 bits per heavy atom. The van der Waals surface area contributed by atoms with E-state index >= 15 is 0 Å². The van der Waals surface area contributed by atoms with Gasteiger partial charge in [0.25, 0.3) is 0 Å². The van der Waals surface area contributed by atoms with E-state index in [2.05, 4.69) is 10.3 Å². The lowest BCUT2D eigenvalue weighted by atomic mass is 9.99. The summed E-state index contributed by atoms with van der Waals surface area (Å²) in [5.41, 5.74) is 2.08. The van der Waals surface area contributed by atoms with Gasteiger partial charge >= 0.3 is 6.18 Å². The van der Waals surface area contributed by atoms with Gasteiger partial charge in [0.05, 0.1) is 11.8 Å². The van der Waals surface area contributed by atoms with E-state index in [1.54, 1.807) is 16.9 Å². The van der Waals surface area contributed by atoms with Crippen LogP contribution in [0.2, 0.25) is 0 Å². The first-order valence-corrected chi connectivity index (χ1v) is 8.72. The van der Waals surface area contributed by atoms with E-state index in [1.807, 2.05) is 60.7 Å². The monoisotopic (exact) mass is 379 g/mol. The van der Waals surface area contributed by atoms with E-state index in [4.69, 9.17) is 0 Å². The number of nitrogens with zero attached hydrogens (tertiary/aromatic N) is 3. The van der Waals surface area contributed by atoms with Gasteiger partial charge in [-0.1, -0.05) is 78.0 Å². The predicted octanol–water partition coefficient (Wildman–Crippen LogP) is 5.60. The molecule has 0 saturated carbocycles. The molecule has 0 saturated heterocycles. The summed E-state index contributed by atoms with van der Waals surface area (Å²) in [7, 11) is 0. The van der Waals surface area contributed by atoms with Crippen LogP contribution in [0.5, 0.6) is 0 Å². The molecule has 0 atom stereocenters. The van der Waals surface area contributed by atoms with Crippen molar-refractivity contribution in [3.05, 3.63) is 108 Å². The molecule has 0 aliphatic carbocycles. The summed E-state index contributed by atoms with van der Waals surface area (Å²) >= 11 is 0. The third-order valence-electron chi connectivity index (χ3n) is 4.49. The van der Waals surface area contributed by atoms with Crippen LogP contribution in [-0.4, -0.2) is 15.0 Å². The largest absolute Gasteiger partial charge is 0.416 e. The van der Waals surface area contributed by atoms with Crippen LogP contribution in [0.1, 0.15) is 22.7 Å². The highest BCUT2D eigenvalue weighted by Gasteiger charge is 2.30. The smallest absolute Gasteiger partial charge is 0.240 e. The van der Waals surface area contributed by atoms with Gasteiger partial charge in [-0.25, -0.2) is 4.68 Å². The normalized spacial score (nSPS) is 11.7. The lowest BCUT2D eigenvalue weighted by molar-refractivity contribution is -0.137. The summed E-state index contributed by atoms with van der Waals surface area (Å²) in [5.74, 6) is 0. The van der Waals surface area contributed by atoms with Crippen LogP contribution in [0.3, 0.4) is 0 Å². The van der Waals surface area contributed by atoms with Crippen molar-refractivity contribution in [2.24, 2.45) is 0 Å². The zero-order chi connectivity index (χ0) is 19.6. The average Bonchev–Trinajstić information content (AvgIpc) is 3.19. The average molecular weight is 379 g/mol. The molecular weight excluding hydrogens is 363 g/mol. The molecule has 0 bridgehead atoms. The minimum absolute atomic E-state index is 0.227. The third kappa shape index (κ3) is 3.67. The third-order valence-corrected chi connectivity index (χ3v) is 4.49. The molecule has 4 rings (SSSR count). The van der Waals surface area contributed by atoms with Crippen LogP contribution >= 0.6 is 0 Å². The Balaban J connectivity index is 1.76. The highest BCUT2D eigenvalue weighted by Crippen LogP contribution is 2.32. The standard InChI is InChI=1S/C22H16F3N3/c23-22(24,25)19-13-7-12-18(14-19)20-15-28(27-26-20)21(16-8-3-1-4-9-16)17-10-5-2-6-11-17/h1-15,21H. The number of rotatable bonds is 4. The second kappa shape index (κ2) is 7.31. The number of hydrogen-bond acceptors (Lipinski definition) is 2. The van der Waals surface area contributed by atoms with Gasteiger partial charge in [-0.15, -0.1) is 5.10 Å². The Bertz CT molecular complexity index is 1020. The van der Waals surface area contributed by atoms with Crippen LogP contribution in [-0.2, 0) is 6.18 Å². The van der Waals surface area contributed by atoms with Crippen molar-refractivity contribution < 1.29 is 13.2 Å². The number of aromatic nitrogens is 3. The zero-order valence-corrected chi connectivity index (χ0v) is 14.7. The number of benzene rings is 3. The molecule has 140 valence electrons. The minimum atomic E-state index is -4.40. The van der Waals surface area contributed by atoms with Crippen molar-refractivity contribution in [3.8, 4) is 11.3 Å². The first kappa shape index (κ1) is 18.0. The first-order chi connectivity index (χ1) is 13.5. The molecule has 0 amide bonds. The molecule has 1 heterocycles. The molecule has 6 heteroatoms. The second-order valence-corrected chi connectivity index (χ2v) is 6.39. The van der Waals surface area contributed by atoms with Crippen molar-refractivity contribution in [2.75, 3.05) is 0 Å². The van der Waals surface area contributed by atoms with Crippen LogP contribution in [0, 0.1) is 0 Å². The van der Waals surface area contributed by atoms with Gasteiger partial charge in [0.15, 0.2) is 0 Å². The highest BCUT2D eigenvalue weighted by molar-refractivity contribution is 5.59. The SMILES string of the molecule is FC(F)(F)c1cccc(-c2cn(C(c3ccccc3)c3ccccc3)nn2)c1. The van der Waals surface area contributed by atoms with Crippen molar-refractivity contribution in [2.45, 2.75) is 12.2 Å².